The van der Waals surface area contributed by atoms with Crippen LogP contribution in [0.1, 0.15) is 27.3 Å². The maximum absolute atomic E-state index is 12.3. The van der Waals surface area contributed by atoms with Crippen LogP contribution in [0.15, 0.2) is 24.5 Å². The van der Waals surface area contributed by atoms with Crippen molar-refractivity contribution in [3.05, 3.63) is 40.1 Å². The van der Waals surface area contributed by atoms with Gasteiger partial charge in [-0.1, -0.05) is 6.92 Å². The summed E-state index contributed by atoms with van der Waals surface area (Å²) in [6.45, 7) is 5.81. The third kappa shape index (κ3) is 4.30. The monoisotopic (exact) mass is 346 g/mol. The molecule has 0 saturated carbocycles. The topological polar surface area (TPSA) is 67.4 Å². The number of thiazole rings is 1. The summed E-state index contributed by atoms with van der Waals surface area (Å²) in [6, 6.07) is 3.78. The molecule has 0 atom stereocenters. The SMILES string of the molecule is CCc1cnc(CCNC(=O)c2cc(N3CCOCC3)ccn2)s1. The normalized spacial score (nSPS) is 14.6. The van der Waals surface area contributed by atoms with Gasteiger partial charge in [0.1, 0.15) is 5.69 Å². The van der Waals surface area contributed by atoms with Gasteiger partial charge in [-0.2, -0.15) is 0 Å². The van der Waals surface area contributed by atoms with Crippen molar-refractivity contribution < 1.29 is 9.53 Å². The first-order valence-corrected chi connectivity index (χ1v) is 9.08. The van der Waals surface area contributed by atoms with Gasteiger partial charge in [0.05, 0.1) is 18.2 Å². The second kappa shape index (κ2) is 8.21. The summed E-state index contributed by atoms with van der Waals surface area (Å²) in [7, 11) is 0. The third-order valence-corrected chi connectivity index (χ3v) is 5.13. The van der Waals surface area contributed by atoms with Crippen molar-refractivity contribution in [3.8, 4) is 0 Å². The second-order valence-electron chi connectivity index (χ2n) is 5.58. The minimum absolute atomic E-state index is 0.141. The zero-order valence-corrected chi connectivity index (χ0v) is 14.6. The number of carbonyl (C=O) groups is 1. The van der Waals surface area contributed by atoms with E-state index in [1.165, 1.54) is 4.88 Å². The molecule has 128 valence electrons. The summed E-state index contributed by atoms with van der Waals surface area (Å²) in [4.78, 5) is 24.3. The van der Waals surface area contributed by atoms with Gasteiger partial charge >= 0.3 is 0 Å². The highest BCUT2D eigenvalue weighted by molar-refractivity contribution is 7.11. The van der Waals surface area contributed by atoms with Crippen LogP contribution < -0.4 is 10.2 Å². The Bertz CT molecular complexity index is 683. The van der Waals surface area contributed by atoms with E-state index in [0.717, 1.165) is 49.8 Å². The van der Waals surface area contributed by atoms with Crippen molar-refractivity contribution in [2.45, 2.75) is 19.8 Å². The number of hydrogen-bond acceptors (Lipinski definition) is 6. The van der Waals surface area contributed by atoms with Crippen LogP contribution in [0.3, 0.4) is 0 Å². The lowest BCUT2D eigenvalue weighted by atomic mass is 10.2. The molecule has 3 heterocycles. The zero-order chi connectivity index (χ0) is 16.8. The molecule has 3 rings (SSSR count). The van der Waals surface area contributed by atoms with Crippen LogP contribution in [0.4, 0.5) is 5.69 Å². The molecule has 24 heavy (non-hydrogen) atoms. The average Bonchev–Trinajstić information content (AvgIpc) is 3.10. The Balaban J connectivity index is 1.54. The highest BCUT2D eigenvalue weighted by Gasteiger charge is 2.14. The van der Waals surface area contributed by atoms with E-state index in [9.17, 15) is 4.79 Å². The fourth-order valence-electron chi connectivity index (χ4n) is 2.56. The quantitative estimate of drug-likeness (QED) is 0.865. The van der Waals surface area contributed by atoms with Crippen LogP contribution in [-0.4, -0.2) is 48.7 Å². The molecule has 1 fully saturated rings. The summed E-state index contributed by atoms with van der Waals surface area (Å²) < 4.78 is 5.36. The lowest BCUT2D eigenvalue weighted by Gasteiger charge is -2.28. The van der Waals surface area contributed by atoms with E-state index >= 15 is 0 Å². The number of ether oxygens (including phenoxy) is 1. The van der Waals surface area contributed by atoms with Gasteiger partial charge in [-0.3, -0.25) is 9.78 Å². The van der Waals surface area contributed by atoms with Crippen molar-refractivity contribution in [2.24, 2.45) is 0 Å². The number of aryl methyl sites for hydroxylation is 1. The van der Waals surface area contributed by atoms with Crippen molar-refractivity contribution >= 4 is 22.9 Å². The van der Waals surface area contributed by atoms with Gasteiger partial charge in [0.2, 0.25) is 0 Å². The van der Waals surface area contributed by atoms with Gasteiger partial charge in [0.25, 0.3) is 5.91 Å². The standard InChI is InChI=1S/C17H22N4O2S/c1-2-14-12-20-16(24-14)4-6-19-17(22)15-11-13(3-5-18-15)21-7-9-23-10-8-21/h3,5,11-12H,2,4,6-10H2,1H3,(H,19,22). The number of rotatable bonds is 6. The van der Waals surface area contributed by atoms with Gasteiger partial charge in [-0.05, 0) is 18.6 Å². The van der Waals surface area contributed by atoms with Crippen LogP contribution in [-0.2, 0) is 17.6 Å². The second-order valence-corrected chi connectivity index (χ2v) is 6.78. The summed E-state index contributed by atoms with van der Waals surface area (Å²) in [5.74, 6) is -0.141. The molecule has 1 N–H and O–H groups in total. The first-order chi connectivity index (χ1) is 11.8. The van der Waals surface area contributed by atoms with Crippen molar-refractivity contribution in [3.63, 3.8) is 0 Å². The Morgan fingerprint density at radius 3 is 2.96 bits per heavy atom. The molecule has 1 aliphatic rings. The molecule has 1 amide bonds. The number of amides is 1. The molecule has 7 heteroatoms. The Morgan fingerprint density at radius 1 is 1.38 bits per heavy atom. The van der Waals surface area contributed by atoms with E-state index in [-0.39, 0.29) is 5.91 Å². The van der Waals surface area contributed by atoms with Crippen LogP contribution in [0.25, 0.3) is 0 Å². The maximum Gasteiger partial charge on any atom is 0.269 e. The summed E-state index contributed by atoms with van der Waals surface area (Å²) in [5.41, 5.74) is 1.47. The van der Waals surface area contributed by atoms with Crippen molar-refractivity contribution in [1.82, 2.24) is 15.3 Å². The molecule has 0 unspecified atom stereocenters. The summed E-state index contributed by atoms with van der Waals surface area (Å²) in [6.07, 6.45) is 5.35. The largest absolute Gasteiger partial charge is 0.378 e. The number of carbonyl (C=O) groups excluding carboxylic acids is 1. The molecule has 0 spiro atoms. The van der Waals surface area contributed by atoms with Crippen molar-refractivity contribution in [2.75, 3.05) is 37.7 Å². The lowest BCUT2D eigenvalue weighted by molar-refractivity contribution is 0.0949. The number of hydrogen-bond donors (Lipinski definition) is 1. The Kier molecular flexibility index (Phi) is 5.77. The van der Waals surface area contributed by atoms with Gasteiger partial charge in [0.15, 0.2) is 0 Å². The Hall–Kier alpha value is -1.99. The molecule has 2 aromatic rings. The summed E-state index contributed by atoms with van der Waals surface area (Å²) in [5, 5.41) is 3.98. The highest BCUT2D eigenvalue weighted by atomic mass is 32.1. The molecule has 1 saturated heterocycles. The van der Waals surface area contributed by atoms with Gasteiger partial charge in [-0.25, -0.2) is 4.98 Å². The van der Waals surface area contributed by atoms with E-state index in [1.54, 1.807) is 17.5 Å². The van der Waals surface area contributed by atoms with E-state index in [4.69, 9.17) is 4.74 Å². The first kappa shape index (κ1) is 16.9. The average molecular weight is 346 g/mol. The Morgan fingerprint density at radius 2 is 2.21 bits per heavy atom. The fourth-order valence-corrected chi connectivity index (χ4v) is 3.42. The minimum Gasteiger partial charge on any atom is -0.378 e. The molecule has 1 aliphatic heterocycles. The zero-order valence-electron chi connectivity index (χ0n) is 13.8. The van der Waals surface area contributed by atoms with E-state index in [2.05, 4.69) is 27.1 Å². The molecule has 0 bridgehead atoms. The van der Waals surface area contributed by atoms with E-state index in [0.29, 0.717) is 12.2 Å². The molecule has 0 aromatic carbocycles. The van der Waals surface area contributed by atoms with Crippen LogP contribution in [0.2, 0.25) is 0 Å². The Labute approximate surface area is 145 Å². The smallest absolute Gasteiger partial charge is 0.269 e. The predicted octanol–water partition coefficient (Wildman–Crippen LogP) is 1.91. The number of pyridine rings is 1. The van der Waals surface area contributed by atoms with Crippen LogP contribution >= 0.6 is 11.3 Å². The molecule has 2 aromatic heterocycles. The fraction of sp³-hybridized carbons (Fsp3) is 0.471. The minimum atomic E-state index is -0.141. The predicted molar refractivity (Wildman–Crippen MR) is 94.8 cm³/mol. The van der Waals surface area contributed by atoms with Crippen LogP contribution in [0.5, 0.6) is 0 Å². The third-order valence-electron chi connectivity index (χ3n) is 3.93. The first-order valence-electron chi connectivity index (χ1n) is 8.27. The molecular weight excluding hydrogens is 324 g/mol. The van der Waals surface area contributed by atoms with Gasteiger partial charge in [-0.15, -0.1) is 11.3 Å². The number of morpholine rings is 1. The van der Waals surface area contributed by atoms with E-state index in [1.807, 2.05) is 18.3 Å². The van der Waals surface area contributed by atoms with Crippen molar-refractivity contribution in [1.29, 1.82) is 0 Å². The molecular formula is C17H22N4O2S. The lowest BCUT2D eigenvalue weighted by Crippen LogP contribution is -2.36. The summed E-state index contributed by atoms with van der Waals surface area (Å²) >= 11 is 1.71. The number of anilines is 1. The molecule has 0 radical (unpaired) electrons. The maximum atomic E-state index is 12.3. The highest BCUT2D eigenvalue weighted by Crippen LogP contribution is 2.16. The number of aromatic nitrogens is 2. The van der Waals surface area contributed by atoms with Crippen LogP contribution in [0, 0.1) is 0 Å². The number of nitrogens with zero attached hydrogens (tertiary/aromatic N) is 3. The molecule has 6 nitrogen and oxygen atoms in total. The van der Waals surface area contributed by atoms with Gasteiger partial charge in [0, 0.05) is 49.0 Å². The number of nitrogens with one attached hydrogen (secondary N) is 1. The van der Waals surface area contributed by atoms with E-state index < -0.39 is 0 Å². The van der Waals surface area contributed by atoms with Gasteiger partial charge < -0.3 is 15.0 Å². The molecule has 0 aliphatic carbocycles.